The van der Waals surface area contributed by atoms with E-state index in [0.29, 0.717) is 37.2 Å². The van der Waals surface area contributed by atoms with E-state index >= 15 is 0 Å². The third-order valence-corrected chi connectivity index (χ3v) is 4.15. The van der Waals surface area contributed by atoms with E-state index in [2.05, 4.69) is 5.32 Å². The number of ether oxygens (including phenoxy) is 1. The van der Waals surface area contributed by atoms with Crippen molar-refractivity contribution in [3.63, 3.8) is 0 Å². The minimum atomic E-state index is -0.371. The number of aromatic hydroxyl groups is 1. The number of carbonyl (C=O) groups excluding carboxylic acids is 2. The quantitative estimate of drug-likeness (QED) is 0.900. The second-order valence-corrected chi connectivity index (χ2v) is 5.97. The molecule has 0 aromatic heterocycles. The average molecular weight is 340 g/mol. The Bertz CT molecular complexity index is 740. The van der Waals surface area contributed by atoms with Crippen molar-refractivity contribution in [3.8, 4) is 11.5 Å². The summed E-state index contributed by atoms with van der Waals surface area (Å²) in [7, 11) is 0. The van der Waals surface area contributed by atoms with Gasteiger partial charge in [0.2, 0.25) is 0 Å². The Labute approximate surface area is 146 Å². The lowest BCUT2D eigenvalue weighted by atomic mass is 10.0. The molecule has 2 aromatic rings. The Morgan fingerprint density at radius 3 is 2.44 bits per heavy atom. The lowest BCUT2D eigenvalue weighted by Gasteiger charge is -2.31. The van der Waals surface area contributed by atoms with Gasteiger partial charge in [-0.1, -0.05) is 24.3 Å². The number of likely N-dealkylation sites (tertiary alicyclic amines) is 1. The first-order chi connectivity index (χ1) is 12.1. The Kier molecular flexibility index (Phi) is 5.18. The van der Waals surface area contributed by atoms with Gasteiger partial charge in [-0.3, -0.25) is 4.79 Å². The van der Waals surface area contributed by atoms with Gasteiger partial charge in [-0.2, -0.15) is 0 Å². The molecule has 130 valence electrons. The van der Waals surface area contributed by atoms with E-state index in [1.165, 1.54) is 12.1 Å². The zero-order valence-corrected chi connectivity index (χ0v) is 13.7. The van der Waals surface area contributed by atoms with Gasteiger partial charge in [-0.25, -0.2) is 4.79 Å². The van der Waals surface area contributed by atoms with Crippen LogP contribution in [0, 0.1) is 0 Å². The summed E-state index contributed by atoms with van der Waals surface area (Å²) in [5.41, 5.74) is 0.422. The number of para-hydroxylation sites is 1. The second-order valence-electron chi connectivity index (χ2n) is 5.97. The predicted molar refractivity (Wildman–Crippen MR) is 92.6 cm³/mol. The Hall–Kier alpha value is -3.02. The Morgan fingerprint density at radius 2 is 1.76 bits per heavy atom. The third kappa shape index (κ3) is 4.50. The fraction of sp³-hybridized carbons (Fsp3) is 0.263. The summed E-state index contributed by atoms with van der Waals surface area (Å²) < 4.78 is 5.32. The molecule has 0 atom stereocenters. The number of hydrogen-bond acceptors (Lipinski definition) is 4. The molecule has 2 amide bonds. The van der Waals surface area contributed by atoms with Crippen molar-refractivity contribution in [3.05, 3.63) is 60.2 Å². The number of benzene rings is 2. The molecule has 25 heavy (non-hydrogen) atoms. The maximum atomic E-state index is 12.2. The smallest absolute Gasteiger partial charge is 0.415 e. The van der Waals surface area contributed by atoms with Crippen molar-refractivity contribution in [1.82, 2.24) is 10.2 Å². The molecule has 6 nitrogen and oxygen atoms in total. The first-order valence-electron chi connectivity index (χ1n) is 8.23. The molecule has 0 saturated carbocycles. The summed E-state index contributed by atoms with van der Waals surface area (Å²) in [5.74, 6) is 0.360. The minimum absolute atomic E-state index is 0.00405. The van der Waals surface area contributed by atoms with E-state index in [1.54, 1.807) is 29.2 Å². The molecule has 2 N–H and O–H groups in total. The van der Waals surface area contributed by atoms with E-state index in [1.807, 2.05) is 18.2 Å². The van der Waals surface area contributed by atoms with Gasteiger partial charge in [0, 0.05) is 24.7 Å². The van der Waals surface area contributed by atoms with Crippen LogP contribution < -0.4 is 10.1 Å². The van der Waals surface area contributed by atoms with Gasteiger partial charge < -0.3 is 20.1 Å². The monoisotopic (exact) mass is 340 g/mol. The van der Waals surface area contributed by atoms with Crippen LogP contribution in [0.5, 0.6) is 11.5 Å². The number of carbonyl (C=O) groups is 2. The van der Waals surface area contributed by atoms with Crippen LogP contribution in [-0.2, 0) is 0 Å². The van der Waals surface area contributed by atoms with Crippen LogP contribution in [0.25, 0.3) is 0 Å². The maximum absolute atomic E-state index is 12.2. The molecule has 0 unspecified atom stereocenters. The van der Waals surface area contributed by atoms with Crippen molar-refractivity contribution >= 4 is 12.0 Å². The normalized spacial score (nSPS) is 14.8. The molecule has 1 aliphatic heterocycles. The van der Waals surface area contributed by atoms with Gasteiger partial charge in [0.05, 0.1) is 0 Å². The number of hydrogen-bond donors (Lipinski definition) is 2. The molecular formula is C19H20N2O4. The molecule has 0 aliphatic carbocycles. The van der Waals surface area contributed by atoms with Gasteiger partial charge in [0.1, 0.15) is 11.5 Å². The summed E-state index contributed by atoms with van der Waals surface area (Å²) in [6.45, 7) is 1.05. The first kappa shape index (κ1) is 16.8. The number of rotatable bonds is 3. The van der Waals surface area contributed by atoms with Gasteiger partial charge in [0.25, 0.3) is 5.91 Å². The lowest BCUT2D eigenvalue weighted by Crippen LogP contribution is -2.47. The van der Waals surface area contributed by atoms with Crippen molar-refractivity contribution in [2.24, 2.45) is 0 Å². The predicted octanol–water partition coefficient (Wildman–Crippen LogP) is 2.79. The summed E-state index contributed by atoms with van der Waals surface area (Å²) in [4.78, 5) is 26.0. The minimum Gasteiger partial charge on any atom is -0.508 e. The average Bonchev–Trinajstić information content (AvgIpc) is 2.63. The zero-order chi connectivity index (χ0) is 17.6. The van der Waals surface area contributed by atoms with Crippen molar-refractivity contribution in [2.75, 3.05) is 13.1 Å². The summed E-state index contributed by atoms with van der Waals surface area (Å²) >= 11 is 0. The fourth-order valence-corrected chi connectivity index (χ4v) is 2.78. The van der Waals surface area contributed by atoms with E-state index in [9.17, 15) is 14.7 Å². The van der Waals surface area contributed by atoms with E-state index < -0.39 is 0 Å². The Balaban J connectivity index is 1.48. The van der Waals surface area contributed by atoms with Crippen LogP contribution in [-0.4, -0.2) is 41.1 Å². The maximum Gasteiger partial charge on any atom is 0.415 e. The largest absolute Gasteiger partial charge is 0.508 e. The summed E-state index contributed by atoms with van der Waals surface area (Å²) in [6.07, 6.45) is 0.951. The van der Waals surface area contributed by atoms with Crippen molar-refractivity contribution in [2.45, 2.75) is 18.9 Å². The zero-order valence-electron chi connectivity index (χ0n) is 13.7. The highest BCUT2D eigenvalue weighted by Gasteiger charge is 2.25. The van der Waals surface area contributed by atoms with Crippen LogP contribution in [0.3, 0.4) is 0 Å². The SMILES string of the molecule is O=C(NC1CCN(C(=O)Oc2ccccc2)CC1)c1cccc(O)c1. The van der Waals surface area contributed by atoms with E-state index in [0.717, 1.165) is 0 Å². The molecule has 1 aliphatic rings. The molecule has 2 aromatic carbocycles. The lowest BCUT2D eigenvalue weighted by molar-refractivity contribution is 0.0909. The highest BCUT2D eigenvalue weighted by molar-refractivity contribution is 5.94. The van der Waals surface area contributed by atoms with E-state index in [4.69, 9.17) is 4.74 Å². The van der Waals surface area contributed by atoms with E-state index in [-0.39, 0.29) is 23.8 Å². The number of phenolic OH excluding ortho intramolecular Hbond substituents is 1. The van der Waals surface area contributed by atoms with Gasteiger partial charge in [0.15, 0.2) is 0 Å². The Morgan fingerprint density at radius 1 is 1.04 bits per heavy atom. The molecule has 1 heterocycles. The van der Waals surface area contributed by atoms with Crippen LogP contribution >= 0.6 is 0 Å². The first-order valence-corrected chi connectivity index (χ1v) is 8.23. The topological polar surface area (TPSA) is 78.9 Å². The molecule has 6 heteroatoms. The summed E-state index contributed by atoms with van der Waals surface area (Å²) in [6, 6.07) is 15.2. The number of nitrogens with one attached hydrogen (secondary N) is 1. The number of piperidine rings is 1. The van der Waals surface area contributed by atoms with Gasteiger partial charge in [-0.05, 0) is 43.2 Å². The van der Waals surface area contributed by atoms with Crippen LogP contribution in [0.15, 0.2) is 54.6 Å². The number of phenols is 1. The van der Waals surface area contributed by atoms with Crippen molar-refractivity contribution in [1.29, 1.82) is 0 Å². The molecular weight excluding hydrogens is 320 g/mol. The molecule has 1 saturated heterocycles. The van der Waals surface area contributed by atoms with Gasteiger partial charge >= 0.3 is 6.09 Å². The summed E-state index contributed by atoms with van der Waals surface area (Å²) in [5, 5.41) is 12.4. The molecule has 0 spiro atoms. The molecule has 0 radical (unpaired) electrons. The standard InChI is InChI=1S/C19H20N2O4/c22-16-6-4-5-14(13-16)18(23)20-15-9-11-21(12-10-15)19(24)25-17-7-2-1-3-8-17/h1-8,13,15,22H,9-12H2,(H,20,23). The number of amides is 2. The van der Waals surface area contributed by atoms with Crippen LogP contribution in [0.2, 0.25) is 0 Å². The van der Waals surface area contributed by atoms with Crippen molar-refractivity contribution < 1.29 is 19.4 Å². The number of nitrogens with zero attached hydrogens (tertiary/aromatic N) is 1. The highest BCUT2D eigenvalue weighted by Crippen LogP contribution is 2.16. The fourth-order valence-electron chi connectivity index (χ4n) is 2.78. The second kappa shape index (κ2) is 7.70. The van der Waals surface area contributed by atoms with Crippen LogP contribution in [0.4, 0.5) is 4.79 Å². The van der Waals surface area contributed by atoms with Crippen LogP contribution in [0.1, 0.15) is 23.2 Å². The van der Waals surface area contributed by atoms with Gasteiger partial charge in [-0.15, -0.1) is 0 Å². The third-order valence-electron chi connectivity index (χ3n) is 4.15. The molecule has 0 bridgehead atoms. The highest BCUT2D eigenvalue weighted by atomic mass is 16.6. The molecule has 3 rings (SSSR count). The molecule has 1 fully saturated rings.